The van der Waals surface area contributed by atoms with E-state index >= 15 is 0 Å². The molecule has 1 aliphatic carbocycles. The van der Waals surface area contributed by atoms with Crippen LogP contribution in [0.5, 0.6) is 0 Å². The van der Waals surface area contributed by atoms with Crippen LogP contribution in [-0.2, 0) is 15.0 Å². The van der Waals surface area contributed by atoms with E-state index in [9.17, 15) is 9.59 Å². The molecular formula is C24H27NO2S. The van der Waals surface area contributed by atoms with Crippen LogP contribution in [0.2, 0.25) is 0 Å². The molecule has 2 atom stereocenters. The number of thioether (sulfide) groups is 1. The third kappa shape index (κ3) is 2.73. The summed E-state index contributed by atoms with van der Waals surface area (Å²) in [4.78, 5) is 25.9. The molecule has 0 aromatic heterocycles. The summed E-state index contributed by atoms with van der Waals surface area (Å²) in [5.74, 6) is 0.436. The first-order valence-corrected chi connectivity index (χ1v) is 11.3. The molecule has 1 heterocycles. The second-order valence-corrected chi connectivity index (χ2v) is 9.20. The summed E-state index contributed by atoms with van der Waals surface area (Å²) in [5, 5.41) is 2.67. The van der Waals surface area contributed by atoms with Gasteiger partial charge in [0.1, 0.15) is 4.75 Å². The highest BCUT2D eigenvalue weighted by atomic mass is 32.2. The van der Waals surface area contributed by atoms with E-state index in [1.165, 1.54) is 19.3 Å². The predicted molar refractivity (Wildman–Crippen MR) is 114 cm³/mol. The lowest BCUT2D eigenvalue weighted by molar-refractivity contribution is -0.125. The third-order valence-corrected chi connectivity index (χ3v) is 8.15. The molecule has 2 aromatic rings. The van der Waals surface area contributed by atoms with Gasteiger partial charge in [-0.15, -0.1) is 11.8 Å². The van der Waals surface area contributed by atoms with Crippen molar-refractivity contribution in [3.05, 3.63) is 71.8 Å². The molecule has 2 aromatic carbocycles. The number of amides is 2. The lowest BCUT2D eigenvalue weighted by Crippen LogP contribution is -2.67. The SMILES string of the molecule is CCCCCCS[C@]12C(=O)NC(=O)[C@H]1CC2(c1ccccc1)c1ccccc1. The monoisotopic (exact) mass is 393 g/mol. The molecule has 2 aliphatic rings. The molecule has 1 aliphatic heterocycles. The highest BCUT2D eigenvalue weighted by Crippen LogP contribution is 2.67. The summed E-state index contributed by atoms with van der Waals surface area (Å²) in [6.45, 7) is 2.20. The van der Waals surface area contributed by atoms with Gasteiger partial charge in [0.05, 0.1) is 5.92 Å². The minimum absolute atomic E-state index is 0.103. The zero-order valence-electron chi connectivity index (χ0n) is 16.3. The van der Waals surface area contributed by atoms with E-state index < -0.39 is 10.2 Å². The van der Waals surface area contributed by atoms with Crippen molar-refractivity contribution in [2.45, 2.75) is 49.2 Å². The molecule has 4 heteroatoms. The number of imide groups is 1. The summed E-state index contributed by atoms with van der Waals surface area (Å²) in [7, 11) is 0. The third-order valence-electron chi connectivity index (χ3n) is 6.39. The molecule has 1 saturated carbocycles. The summed E-state index contributed by atoms with van der Waals surface area (Å²) < 4.78 is -0.751. The Morgan fingerprint density at radius 1 is 0.929 bits per heavy atom. The Hall–Kier alpha value is -2.07. The average molecular weight is 394 g/mol. The van der Waals surface area contributed by atoms with Crippen molar-refractivity contribution < 1.29 is 9.59 Å². The molecular weight excluding hydrogens is 366 g/mol. The van der Waals surface area contributed by atoms with E-state index in [-0.39, 0.29) is 17.7 Å². The van der Waals surface area contributed by atoms with Crippen LogP contribution < -0.4 is 5.32 Å². The molecule has 0 radical (unpaired) electrons. The molecule has 1 N–H and O–H groups in total. The van der Waals surface area contributed by atoms with Gasteiger partial charge >= 0.3 is 0 Å². The van der Waals surface area contributed by atoms with E-state index in [1.807, 2.05) is 36.4 Å². The number of hydrogen-bond acceptors (Lipinski definition) is 3. The van der Waals surface area contributed by atoms with Gasteiger partial charge in [-0.25, -0.2) is 0 Å². The number of carbonyl (C=O) groups excluding carboxylic acids is 2. The second kappa shape index (κ2) is 7.75. The standard InChI is InChI=1S/C24H27NO2S/c1-2-3-4-11-16-28-24-20(21(26)25-22(24)27)17-23(24,18-12-7-5-8-13-18)19-14-9-6-10-15-19/h5-10,12-15,20H,2-4,11,16-17H2,1H3,(H,25,26,27)/t20-,24+/m1/s1. The first kappa shape index (κ1) is 19.3. The molecule has 1 saturated heterocycles. The summed E-state index contributed by atoms with van der Waals surface area (Å²) in [5.41, 5.74) is 1.79. The Morgan fingerprint density at radius 3 is 2.07 bits per heavy atom. The number of carbonyl (C=O) groups is 2. The quantitative estimate of drug-likeness (QED) is 0.522. The molecule has 0 spiro atoms. The number of fused-ring (bicyclic) bond motifs is 1. The Morgan fingerprint density at radius 2 is 1.54 bits per heavy atom. The molecule has 2 amide bonds. The van der Waals surface area contributed by atoms with Gasteiger partial charge in [-0.3, -0.25) is 14.9 Å². The Balaban J connectivity index is 1.79. The van der Waals surface area contributed by atoms with Gasteiger partial charge < -0.3 is 0 Å². The number of hydrogen-bond donors (Lipinski definition) is 1. The van der Waals surface area contributed by atoms with E-state index in [0.29, 0.717) is 6.42 Å². The minimum Gasteiger partial charge on any atom is -0.295 e. The lowest BCUT2D eigenvalue weighted by Gasteiger charge is -2.59. The van der Waals surface area contributed by atoms with Crippen LogP contribution in [0.1, 0.15) is 50.2 Å². The fraction of sp³-hybridized carbons (Fsp3) is 0.417. The summed E-state index contributed by atoms with van der Waals surface area (Å²) >= 11 is 1.71. The smallest absolute Gasteiger partial charge is 0.244 e. The van der Waals surface area contributed by atoms with Crippen molar-refractivity contribution >= 4 is 23.6 Å². The van der Waals surface area contributed by atoms with Crippen molar-refractivity contribution in [2.75, 3.05) is 5.75 Å². The zero-order chi connectivity index (χ0) is 19.6. The van der Waals surface area contributed by atoms with Gasteiger partial charge in [0.15, 0.2) is 0 Å². The van der Waals surface area contributed by atoms with E-state index in [2.05, 4.69) is 36.5 Å². The summed E-state index contributed by atoms with van der Waals surface area (Å²) in [6, 6.07) is 20.6. The van der Waals surface area contributed by atoms with Crippen LogP contribution in [0.25, 0.3) is 0 Å². The van der Waals surface area contributed by atoms with E-state index in [0.717, 1.165) is 23.3 Å². The number of nitrogens with one attached hydrogen (secondary N) is 1. The van der Waals surface area contributed by atoms with Crippen LogP contribution >= 0.6 is 11.8 Å². The Kier molecular flexibility index (Phi) is 5.33. The molecule has 4 rings (SSSR count). The maximum atomic E-state index is 13.3. The molecule has 28 heavy (non-hydrogen) atoms. The zero-order valence-corrected chi connectivity index (χ0v) is 17.1. The minimum atomic E-state index is -0.751. The van der Waals surface area contributed by atoms with Crippen molar-refractivity contribution in [2.24, 2.45) is 5.92 Å². The van der Waals surface area contributed by atoms with Crippen LogP contribution in [0, 0.1) is 5.92 Å². The highest BCUT2D eigenvalue weighted by Gasteiger charge is 2.76. The van der Waals surface area contributed by atoms with Crippen molar-refractivity contribution in [3.8, 4) is 0 Å². The Bertz CT molecular complexity index is 812. The normalized spacial score (nSPS) is 25.1. The van der Waals surface area contributed by atoms with Gasteiger partial charge in [-0.2, -0.15) is 0 Å². The van der Waals surface area contributed by atoms with Crippen LogP contribution in [0.4, 0.5) is 0 Å². The first-order chi connectivity index (χ1) is 13.7. The topological polar surface area (TPSA) is 46.2 Å². The van der Waals surface area contributed by atoms with Gasteiger partial charge in [0, 0.05) is 5.41 Å². The van der Waals surface area contributed by atoms with Gasteiger partial charge in [0.25, 0.3) is 0 Å². The van der Waals surface area contributed by atoms with Crippen LogP contribution in [0.15, 0.2) is 60.7 Å². The Labute approximate surface area is 171 Å². The molecule has 2 fully saturated rings. The predicted octanol–water partition coefficient (Wildman–Crippen LogP) is 4.70. The maximum absolute atomic E-state index is 13.3. The fourth-order valence-corrected chi connectivity index (χ4v) is 6.83. The van der Waals surface area contributed by atoms with Crippen LogP contribution in [-0.4, -0.2) is 22.3 Å². The van der Waals surface area contributed by atoms with Gasteiger partial charge in [-0.1, -0.05) is 86.8 Å². The average Bonchev–Trinajstić information content (AvgIpc) is 2.90. The van der Waals surface area contributed by atoms with Crippen molar-refractivity contribution in [1.29, 1.82) is 0 Å². The van der Waals surface area contributed by atoms with E-state index in [4.69, 9.17) is 0 Å². The highest BCUT2D eigenvalue weighted by molar-refractivity contribution is 8.01. The number of rotatable bonds is 8. The maximum Gasteiger partial charge on any atom is 0.244 e. The lowest BCUT2D eigenvalue weighted by atomic mass is 9.48. The van der Waals surface area contributed by atoms with E-state index in [1.54, 1.807) is 11.8 Å². The summed E-state index contributed by atoms with van der Waals surface area (Å²) in [6.07, 6.45) is 5.33. The fourth-order valence-electron chi connectivity index (χ4n) is 5.02. The molecule has 146 valence electrons. The van der Waals surface area contributed by atoms with Crippen molar-refractivity contribution in [3.63, 3.8) is 0 Å². The van der Waals surface area contributed by atoms with Gasteiger partial charge in [0.2, 0.25) is 11.8 Å². The second-order valence-electron chi connectivity index (χ2n) is 7.86. The largest absolute Gasteiger partial charge is 0.295 e. The number of benzene rings is 2. The molecule has 0 unspecified atom stereocenters. The number of unbranched alkanes of at least 4 members (excludes halogenated alkanes) is 3. The van der Waals surface area contributed by atoms with Crippen molar-refractivity contribution in [1.82, 2.24) is 5.32 Å². The van der Waals surface area contributed by atoms with Gasteiger partial charge in [-0.05, 0) is 29.7 Å². The van der Waals surface area contributed by atoms with Crippen LogP contribution in [0.3, 0.4) is 0 Å². The molecule has 3 nitrogen and oxygen atoms in total. The first-order valence-electron chi connectivity index (χ1n) is 10.3. The molecule has 0 bridgehead atoms.